The van der Waals surface area contributed by atoms with Crippen molar-refractivity contribution < 1.29 is 9.90 Å². The summed E-state index contributed by atoms with van der Waals surface area (Å²) in [6, 6.07) is 22.4. The SMILES string of the molecule is O=C(CSc1nnc(-c2cc(Br)ccc2O)n1-c1ccccc1)Nc1ccc(I)cc1. The first-order chi connectivity index (χ1) is 15.0. The molecule has 31 heavy (non-hydrogen) atoms. The van der Waals surface area contributed by atoms with E-state index >= 15 is 0 Å². The number of nitrogens with zero attached hydrogens (tertiary/aromatic N) is 3. The van der Waals surface area contributed by atoms with Gasteiger partial charge in [-0.05, 0) is 77.2 Å². The van der Waals surface area contributed by atoms with Gasteiger partial charge in [0.2, 0.25) is 5.91 Å². The lowest BCUT2D eigenvalue weighted by molar-refractivity contribution is -0.113. The number of phenolic OH excluding ortho intramolecular Hbond substituents is 1. The molecule has 0 unspecified atom stereocenters. The van der Waals surface area contributed by atoms with Crippen LogP contribution >= 0.6 is 50.3 Å². The number of carbonyl (C=O) groups is 1. The molecule has 1 heterocycles. The van der Waals surface area contributed by atoms with E-state index in [2.05, 4.69) is 54.0 Å². The number of hydrogen-bond donors (Lipinski definition) is 2. The normalized spacial score (nSPS) is 10.8. The Hall–Kier alpha value is -2.37. The van der Waals surface area contributed by atoms with Gasteiger partial charge < -0.3 is 10.4 Å². The van der Waals surface area contributed by atoms with E-state index in [-0.39, 0.29) is 17.4 Å². The van der Waals surface area contributed by atoms with Crippen molar-refractivity contribution in [3.05, 3.63) is 80.8 Å². The van der Waals surface area contributed by atoms with Crippen LogP contribution in [0.2, 0.25) is 0 Å². The number of phenols is 1. The summed E-state index contributed by atoms with van der Waals surface area (Å²) in [5.41, 5.74) is 2.12. The number of anilines is 1. The van der Waals surface area contributed by atoms with Crippen LogP contribution in [-0.2, 0) is 4.79 Å². The lowest BCUT2D eigenvalue weighted by Crippen LogP contribution is -2.14. The first-order valence-electron chi connectivity index (χ1n) is 9.19. The number of para-hydroxylation sites is 1. The van der Waals surface area contributed by atoms with Crippen LogP contribution in [0.3, 0.4) is 0 Å². The van der Waals surface area contributed by atoms with Gasteiger partial charge in [0, 0.05) is 19.4 Å². The Labute approximate surface area is 205 Å². The fourth-order valence-electron chi connectivity index (χ4n) is 2.90. The van der Waals surface area contributed by atoms with Gasteiger partial charge in [-0.15, -0.1) is 10.2 Å². The van der Waals surface area contributed by atoms with Crippen molar-refractivity contribution in [3.63, 3.8) is 0 Å². The number of benzene rings is 3. The van der Waals surface area contributed by atoms with Crippen molar-refractivity contribution in [2.45, 2.75) is 5.16 Å². The molecule has 1 aromatic heterocycles. The summed E-state index contributed by atoms with van der Waals surface area (Å²) in [5.74, 6) is 0.619. The molecule has 2 N–H and O–H groups in total. The fraction of sp³-hybridized carbons (Fsp3) is 0.0455. The largest absolute Gasteiger partial charge is 0.507 e. The molecule has 1 amide bonds. The molecule has 0 saturated heterocycles. The van der Waals surface area contributed by atoms with E-state index in [1.54, 1.807) is 18.2 Å². The minimum atomic E-state index is -0.138. The molecule has 0 aliphatic rings. The molecule has 0 aliphatic carbocycles. The molecule has 0 spiro atoms. The van der Waals surface area contributed by atoms with Gasteiger partial charge >= 0.3 is 0 Å². The summed E-state index contributed by atoms with van der Waals surface area (Å²) < 4.78 is 3.75. The third kappa shape index (κ3) is 5.28. The van der Waals surface area contributed by atoms with Crippen molar-refractivity contribution in [1.82, 2.24) is 14.8 Å². The number of hydrogen-bond acceptors (Lipinski definition) is 5. The predicted molar refractivity (Wildman–Crippen MR) is 135 cm³/mol. The Morgan fingerprint density at radius 1 is 1.06 bits per heavy atom. The lowest BCUT2D eigenvalue weighted by Gasteiger charge is -2.11. The highest BCUT2D eigenvalue weighted by Crippen LogP contribution is 2.34. The lowest BCUT2D eigenvalue weighted by atomic mass is 10.2. The predicted octanol–water partition coefficient (Wildman–Crippen LogP) is 5.74. The van der Waals surface area contributed by atoms with Crippen LogP contribution in [0.5, 0.6) is 5.75 Å². The highest BCUT2D eigenvalue weighted by molar-refractivity contribution is 14.1. The molecule has 9 heteroatoms. The van der Waals surface area contributed by atoms with Crippen molar-refractivity contribution in [1.29, 1.82) is 0 Å². The minimum Gasteiger partial charge on any atom is -0.507 e. The third-order valence-corrected chi connectivity index (χ3v) is 6.45. The van der Waals surface area contributed by atoms with Crippen LogP contribution < -0.4 is 5.32 Å². The average molecular weight is 607 g/mol. The Bertz CT molecular complexity index is 1220. The second-order valence-electron chi connectivity index (χ2n) is 6.48. The van der Waals surface area contributed by atoms with Gasteiger partial charge in [-0.3, -0.25) is 9.36 Å². The van der Waals surface area contributed by atoms with Gasteiger partial charge in [-0.2, -0.15) is 0 Å². The van der Waals surface area contributed by atoms with E-state index in [4.69, 9.17) is 0 Å². The maximum atomic E-state index is 12.5. The zero-order valence-corrected chi connectivity index (χ0v) is 20.6. The van der Waals surface area contributed by atoms with Gasteiger partial charge in [-0.25, -0.2) is 0 Å². The Kier molecular flexibility index (Phi) is 6.93. The summed E-state index contributed by atoms with van der Waals surface area (Å²) in [4.78, 5) is 12.5. The van der Waals surface area contributed by atoms with Crippen LogP contribution in [0.1, 0.15) is 0 Å². The van der Waals surface area contributed by atoms with E-state index in [1.165, 1.54) is 11.8 Å². The van der Waals surface area contributed by atoms with Crippen LogP contribution in [0, 0.1) is 3.57 Å². The Balaban J connectivity index is 1.62. The van der Waals surface area contributed by atoms with Crippen molar-refractivity contribution in [3.8, 4) is 22.8 Å². The molecule has 156 valence electrons. The molecule has 3 aromatic carbocycles. The van der Waals surface area contributed by atoms with Crippen LogP contribution in [0.4, 0.5) is 5.69 Å². The molecule has 0 saturated carbocycles. The van der Waals surface area contributed by atoms with E-state index < -0.39 is 0 Å². The number of nitrogens with one attached hydrogen (secondary N) is 1. The molecule has 0 bridgehead atoms. The second-order valence-corrected chi connectivity index (χ2v) is 9.59. The van der Waals surface area contributed by atoms with Gasteiger partial charge in [0.25, 0.3) is 0 Å². The minimum absolute atomic E-state index is 0.0979. The van der Waals surface area contributed by atoms with Gasteiger partial charge in [0.1, 0.15) is 5.75 Å². The first-order valence-corrected chi connectivity index (χ1v) is 12.0. The van der Waals surface area contributed by atoms with Crippen molar-refractivity contribution >= 4 is 61.9 Å². The number of aromatic hydroxyl groups is 1. The summed E-state index contributed by atoms with van der Waals surface area (Å²) in [7, 11) is 0. The summed E-state index contributed by atoms with van der Waals surface area (Å²) in [6.07, 6.45) is 0. The van der Waals surface area contributed by atoms with Crippen molar-refractivity contribution in [2.24, 2.45) is 0 Å². The molecule has 4 rings (SSSR count). The van der Waals surface area contributed by atoms with E-state index in [0.29, 0.717) is 16.5 Å². The van der Waals surface area contributed by atoms with Crippen LogP contribution in [0.15, 0.2) is 82.4 Å². The number of carbonyl (C=O) groups excluding carboxylic acids is 1. The number of amides is 1. The average Bonchev–Trinajstić information content (AvgIpc) is 3.20. The van der Waals surface area contributed by atoms with Gasteiger partial charge in [0.15, 0.2) is 11.0 Å². The zero-order chi connectivity index (χ0) is 21.8. The fourth-order valence-corrected chi connectivity index (χ4v) is 4.37. The zero-order valence-electron chi connectivity index (χ0n) is 16.0. The molecule has 0 radical (unpaired) electrons. The highest BCUT2D eigenvalue weighted by atomic mass is 127. The number of thioether (sulfide) groups is 1. The van der Waals surface area contributed by atoms with Crippen molar-refractivity contribution in [2.75, 3.05) is 11.1 Å². The quantitative estimate of drug-likeness (QED) is 0.216. The van der Waals surface area contributed by atoms with Gasteiger partial charge in [0.05, 0.1) is 11.3 Å². The molecular weight excluding hydrogens is 591 g/mol. The molecule has 6 nitrogen and oxygen atoms in total. The Morgan fingerprint density at radius 3 is 2.55 bits per heavy atom. The van der Waals surface area contributed by atoms with Gasteiger partial charge in [-0.1, -0.05) is 45.9 Å². The summed E-state index contributed by atoms with van der Waals surface area (Å²) in [6.45, 7) is 0. The smallest absolute Gasteiger partial charge is 0.234 e. The second kappa shape index (κ2) is 9.84. The standard InChI is InChI=1S/C22H16BrIN4O2S/c23-14-6-11-19(29)18(12-14)21-26-27-22(28(21)17-4-2-1-3-5-17)31-13-20(30)25-16-9-7-15(24)8-10-16/h1-12,29H,13H2,(H,25,30). The molecular formula is C22H16BrIN4O2S. The molecule has 0 aliphatic heterocycles. The molecule has 0 atom stereocenters. The summed E-state index contributed by atoms with van der Waals surface area (Å²) in [5, 5.41) is 22.5. The highest BCUT2D eigenvalue weighted by Gasteiger charge is 2.19. The van der Waals surface area contributed by atoms with Crippen LogP contribution in [-0.4, -0.2) is 31.5 Å². The van der Waals surface area contributed by atoms with E-state index in [0.717, 1.165) is 19.4 Å². The monoisotopic (exact) mass is 606 g/mol. The molecule has 0 fully saturated rings. The number of halogens is 2. The van der Waals surface area contributed by atoms with Crippen LogP contribution in [0.25, 0.3) is 17.1 Å². The molecule has 4 aromatic rings. The summed E-state index contributed by atoms with van der Waals surface area (Å²) >= 11 is 6.94. The number of aromatic nitrogens is 3. The first kappa shape index (κ1) is 21.8. The third-order valence-electron chi connectivity index (χ3n) is 4.31. The Morgan fingerprint density at radius 2 is 1.81 bits per heavy atom. The van der Waals surface area contributed by atoms with E-state index in [1.807, 2.05) is 59.2 Å². The maximum absolute atomic E-state index is 12.5. The maximum Gasteiger partial charge on any atom is 0.234 e. The topological polar surface area (TPSA) is 80.0 Å². The number of rotatable bonds is 6. The van der Waals surface area contributed by atoms with E-state index in [9.17, 15) is 9.90 Å².